The molecule has 1 aromatic carbocycles. The van der Waals surface area contributed by atoms with Gasteiger partial charge in [-0.15, -0.1) is 11.3 Å². The van der Waals surface area contributed by atoms with Crippen molar-refractivity contribution in [1.29, 1.82) is 0 Å². The van der Waals surface area contributed by atoms with Crippen LogP contribution in [-0.4, -0.2) is 13.6 Å². The predicted molar refractivity (Wildman–Crippen MR) is 87.9 cm³/mol. The van der Waals surface area contributed by atoms with Crippen molar-refractivity contribution in [1.82, 2.24) is 5.32 Å². The minimum atomic E-state index is 0.696. The van der Waals surface area contributed by atoms with Crippen LogP contribution in [0, 0.1) is 5.92 Å². The van der Waals surface area contributed by atoms with Crippen molar-refractivity contribution in [2.45, 2.75) is 19.3 Å². The quantitative estimate of drug-likeness (QED) is 0.783. The summed E-state index contributed by atoms with van der Waals surface area (Å²) in [7, 11) is 2.04. The molecule has 0 saturated carbocycles. The first-order valence-electron chi connectivity index (χ1n) is 6.69. The third-order valence-electron chi connectivity index (χ3n) is 3.29. The summed E-state index contributed by atoms with van der Waals surface area (Å²) in [6, 6.07) is 13.0. The van der Waals surface area contributed by atoms with Crippen molar-refractivity contribution in [3.8, 4) is 0 Å². The molecule has 0 aliphatic heterocycles. The van der Waals surface area contributed by atoms with E-state index in [0.717, 1.165) is 13.0 Å². The number of benzene rings is 1. The van der Waals surface area contributed by atoms with Crippen LogP contribution in [0.2, 0.25) is 0 Å². The summed E-state index contributed by atoms with van der Waals surface area (Å²) in [6.45, 7) is 1.08. The van der Waals surface area contributed by atoms with Crippen molar-refractivity contribution in [3.63, 3.8) is 0 Å². The molecule has 0 radical (unpaired) electrons. The van der Waals surface area contributed by atoms with Crippen LogP contribution in [-0.2, 0) is 12.8 Å². The molecule has 1 aromatic heterocycles. The van der Waals surface area contributed by atoms with E-state index in [0.29, 0.717) is 5.92 Å². The van der Waals surface area contributed by atoms with Gasteiger partial charge in [-0.25, -0.2) is 0 Å². The lowest BCUT2D eigenvalue weighted by Gasteiger charge is -2.16. The number of thiophene rings is 1. The zero-order valence-electron chi connectivity index (χ0n) is 11.2. The van der Waals surface area contributed by atoms with E-state index in [-0.39, 0.29) is 0 Å². The Bertz CT molecular complexity index is 481. The average Bonchev–Trinajstić information content (AvgIpc) is 2.89. The number of halogens is 1. The summed E-state index contributed by atoms with van der Waals surface area (Å²) in [6.07, 6.45) is 3.58. The van der Waals surface area contributed by atoms with Crippen LogP contribution in [0.25, 0.3) is 0 Å². The molecule has 2 aromatic rings. The van der Waals surface area contributed by atoms with Crippen LogP contribution in [0.3, 0.4) is 0 Å². The van der Waals surface area contributed by atoms with Crippen LogP contribution in [0.5, 0.6) is 0 Å². The smallest absolute Gasteiger partial charge is 0.0177 e. The molecule has 1 atom stereocenters. The maximum atomic E-state index is 3.55. The minimum absolute atomic E-state index is 0.696. The van der Waals surface area contributed by atoms with E-state index >= 15 is 0 Å². The van der Waals surface area contributed by atoms with E-state index in [1.165, 1.54) is 27.8 Å². The lowest BCUT2D eigenvalue weighted by molar-refractivity contribution is 0.462. The van der Waals surface area contributed by atoms with Crippen LogP contribution in [0.15, 0.2) is 46.3 Å². The number of aryl methyl sites for hydroxylation is 1. The topological polar surface area (TPSA) is 12.0 Å². The molecule has 1 N–H and O–H groups in total. The molecule has 0 aliphatic carbocycles. The monoisotopic (exact) mass is 337 g/mol. The minimum Gasteiger partial charge on any atom is -0.319 e. The number of hydrogen-bond donors (Lipinski definition) is 1. The van der Waals surface area contributed by atoms with Gasteiger partial charge < -0.3 is 5.32 Å². The molecule has 0 aliphatic rings. The summed E-state index contributed by atoms with van der Waals surface area (Å²) in [5, 5.41) is 5.49. The van der Waals surface area contributed by atoms with Gasteiger partial charge in [0.05, 0.1) is 0 Å². The molecule has 0 saturated heterocycles. The lowest BCUT2D eigenvalue weighted by Crippen LogP contribution is -2.21. The molecular weight excluding hydrogens is 318 g/mol. The van der Waals surface area contributed by atoms with E-state index in [1.807, 2.05) is 18.4 Å². The molecule has 0 amide bonds. The molecule has 0 fully saturated rings. The summed E-state index contributed by atoms with van der Waals surface area (Å²) in [5.41, 5.74) is 1.42. The Hall–Kier alpha value is -0.640. The van der Waals surface area contributed by atoms with Gasteiger partial charge in [-0.1, -0.05) is 34.1 Å². The third-order valence-corrected chi connectivity index (χ3v) is 4.71. The van der Waals surface area contributed by atoms with E-state index in [4.69, 9.17) is 0 Å². The number of hydrogen-bond acceptors (Lipinski definition) is 2. The fourth-order valence-electron chi connectivity index (χ4n) is 2.36. The fourth-order valence-corrected chi connectivity index (χ4v) is 3.53. The van der Waals surface area contributed by atoms with Crippen molar-refractivity contribution in [2.75, 3.05) is 13.6 Å². The molecule has 1 heterocycles. The van der Waals surface area contributed by atoms with Crippen molar-refractivity contribution in [3.05, 3.63) is 56.7 Å². The van der Waals surface area contributed by atoms with Gasteiger partial charge in [0.15, 0.2) is 0 Å². The largest absolute Gasteiger partial charge is 0.319 e. The maximum Gasteiger partial charge on any atom is 0.0177 e. The first kappa shape index (κ1) is 14.8. The Morgan fingerprint density at radius 1 is 1.26 bits per heavy atom. The van der Waals surface area contributed by atoms with Gasteiger partial charge in [-0.05, 0) is 67.9 Å². The summed E-state index contributed by atoms with van der Waals surface area (Å²) >= 11 is 5.41. The average molecular weight is 338 g/mol. The second-order valence-corrected chi connectivity index (χ2v) is 6.82. The highest BCUT2D eigenvalue weighted by Crippen LogP contribution is 2.19. The zero-order chi connectivity index (χ0) is 13.5. The van der Waals surface area contributed by atoms with Gasteiger partial charge in [0.25, 0.3) is 0 Å². The van der Waals surface area contributed by atoms with Gasteiger partial charge in [-0.2, -0.15) is 0 Å². The summed E-state index contributed by atoms with van der Waals surface area (Å²) < 4.78 is 1.17. The highest BCUT2D eigenvalue weighted by atomic mass is 79.9. The molecule has 102 valence electrons. The van der Waals surface area contributed by atoms with E-state index in [2.05, 4.69) is 63.0 Å². The highest BCUT2D eigenvalue weighted by Gasteiger charge is 2.10. The summed E-state index contributed by atoms with van der Waals surface area (Å²) in [5.74, 6) is 0.696. The Labute approximate surface area is 128 Å². The Morgan fingerprint density at radius 2 is 2.16 bits per heavy atom. The van der Waals surface area contributed by atoms with E-state index in [9.17, 15) is 0 Å². The first-order chi connectivity index (χ1) is 9.28. The molecule has 2 rings (SSSR count). The second-order valence-electron chi connectivity index (χ2n) is 4.88. The van der Waals surface area contributed by atoms with Crippen molar-refractivity contribution < 1.29 is 0 Å². The number of rotatable bonds is 7. The highest BCUT2D eigenvalue weighted by molar-refractivity contribution is 9.10. The lowest BCUT2D eigenvalue weighted by atomic mass is 9.94. The van der Waals surface area contributed by atoms with Crippen LogP contribution in [0.4, 0.5) is 0 Å². The molecule has 0 bridgehead atoms. The van der Waals surface area contributed by atoms with Gasteiger partial charge in [-0.3, -0.25) is 0 Å². The molecule has 3 heteroatoms. The van der Waals surface area contributed by atoms with Gasteiger partial charge in [0.2, 0.25) is 0 Å². The standard InChI is InChI=1S/C16H20BrNS/c1-18-12-14(7-8-16-6-3-9-19-16)10-13-4-2-5-15(17)11-13/h2-6,9,11,14,18H,7-8,10,12H2,1H3. The molecule has 1 nitrogen and oxygen atoms in total. The maximum absolute atomic E-state index is 3.55. The summed E-state index contributed by atoms with van der Waals surface area (Å²) in [4.78, 5) is 1.50. The molecular formula is C16H20BrNS. The second kappa shape index (κ2) is 7.83. The van der Waals surface area contributed by atoms with E-state index in [1.54, 1.807) is 0 Å². The Morgan fingerprint density at radius 3 is 2.84 bits per heavy atom. The zero-order valence-corrected chi connectivity index (χ0v) is 13.6. The predicted octanol–water partition coefficient (Wildman–Crippen LogP) is 4.52. The fraction of sp³-hybridized carbons (Fsp3) is 0.375. The van der Waals surface area contributed by atoms with Crippen molar-refractivity contribution in [2.24, 2.45) is 5.92 Å². The Balaban J connectivity index is 1.91. The van der Waals surface area contributed by atoms with E-state index < -0.39 is 0 Å². The van der Waals surface area contributed by atoms with Crippen molar-refractivity contribution >= 4 is 27.3 Å². The number of nitrogens with one attached hydrogen (secondary N) is 1. The van der Waals surface area contributed by atoms with Crippen LogP contribution < -0.4 is 5.32 Å². The SMILES string of the molecule is CNCC(CCc1cccs1)Cc1cccc(Br)c1. The normalized spacial score (nSPS) is 12.5. The Kier molecular flexibility index (Phi) is 6.08. The van der Waals surface area contributed by atoms with Crippen LogP contribution >= 0.6 is 27.3 Å². The third kappa shape index (κ3) is 5.09. The molecule has 19 heavy (non-hydrogen) atoms. The van der Waals surface area contributed by atoms with Crippen LogP contribution in [0.1, 0.15) is 16.9 Å². The van der Waals surface area contributed by atoms with Gasteiger partial charge >= 0.3 is 0 Å². The first-order valence-corrected chi connectivity index (χ1v) is 8.36. The molecule has 1 unspecified atom stereocenters. The van der Waals surface area contributed by atoms with Gasteiger partial charge in [0.1, 0.15) is 0 Å². The molecule has 0 spiro atoms. The van der Waals surface area contributed by atoms with Gasteiger partial charge in [0, 0.05) is 9.35 Å².